The maximum Gasteiger partial charge on any atom is 0.0998 e. The molecule has 4 nitrogen and oxygen atoms in total. The first-order valence-corrected chi connectivity index (χ1v) is 10.7. The molecule has 0 N–H and O–H groups in total. The molecule has 31 heavy (non-hydrogen) atoms. The van der Waals surface area contributed by atoms with Gasteiger partial charge in [0.2, 0.25) is 0 Å². The Morgan fingerprint density at radius 2 is 1.29 bits per heavy atom. The van der Waals surface area contributed by atoms with Crippen LogP contribution in [-0.2, 0) is 10.8 Å². The summed E-state index contributed by atoms with van der Waals surface area (Å²) in [4.78, 5) is 2.54. The summed E-state index contributed by atoms with van der Waals surface area (Å²) in [5.74, 6) is 0. The molecular weight excluding hydrogens is 380 g/mol. The molecule has 0 saturated heterocycles. The molecule has 0 saturated carbocycles. The van der Waals surface area contributed by atoms with Gasteiger partial charge in [-0.05, 0) is 64.6 Å². The molecular formula is C27H26N4. The van der Waals surface area contributed by atoms with E-state index >= 15 is 0 Å². The number of hydrogen-bond donors (Lipinski definition) is 0. The van der Waals surface area contributed by atoms with Crippen molar-refractivity contribution in [2.75, 3.05) is 18.0 Å². The molecule has 0 bridgehead atoms. The van der Waals surface area contributed by atoms with Gasteiger partial charge in [0.05, 0.1) is 34.9 Å². The summed E-state index contributed by atoms with van der Waals surface area (Å²) >= 11 is 0. The molecule has 0 aromatic heterocycles. The molecule has 154 valence electrons. The van der Waals surface area contributed by atoms with E-state index < -0.39 is 0 Å². The maximum atomic E-state index is 9.56. The van der Waals surface area contributed by atoms with Crippen molar-refractivity contribution in [2.45, 2.75) is 51.4 Å². The van der Waals surface area contributed by atoms with Crippen molar-refractivity contribution < 1.29 is 0 Å². The van der Waals surface area contributed by atoms with Gasteiger partial charge in [0, 0.05) is 24.3 Å². The summed E-state index contributed by atoms with van der Waals surface area (Å²) in [5, 5.41) is 28.3. The summed E-state index contributed by atoms with van der Waals surface area (Å²) in [7, 11) is 0. The molecule has 0 radical (unpaired) electrons. The Morgan fingerprint density at radius 3 is 1.74 bits per heavy atom. The highest BCUT2D eigenvalue weighted by Crippen LogP contribution is 2.49. The molecule has 0 spiro atoms. The van der Waals surface area contributed by atoms with Crippen molar-refractivity contribution in [1.29, 1.82) is 15.8 Å². The number of nitriles is 3. The molecule has 2 aliphatic rings. The van der Waals surface area contributed by atoms with Crippen LogP contribution in [0.4, 0.5) is 5.69 Å². The number of benzene rings is 2. The molecule has 4 rings (SSSR count). The highest BCUT2D eigenvalue weighted by atomic mass is 15.2. The van der Waals surface area contributed by atoms with Gasteiger partial charge in [0.1, 0.15) is 0 Å². The summed E-state index contributed by atoms with van der Waals surface area (Å²) in [6.07, 6.45) is 6.09. The third kappa shape index (κ3) is 3.48. The van der Waals surface area contributed by atoms with Crippen LogP contribution in [0.25, 0.3) is 12.2 Å². The van der Waals surface area contributed by atoms with Gasteiger partial charge in [-0.1, -0.05) is 39.8 Å². The Bertz CT molecular complexity index is 1150. The van der Waals surface area contributed by atoms with Crippen LogP contribution in [0.3, 0.4) is 0 Å². The number of rotatable bonds is 2. The van der Waals surface area contributed by atoms with E-state index in [1.165, 1.54) is 16.8 Å². The Morgan fingerprint density at radius 1 is 0.774 bits per heavy atom. The van der Waals surface area contributed by atoms with Crippen LogP contribution in [0.2, 0.25) is 0 Å². The lowest BCUT2D eigenvalue weighted by atomic mass is 9.69. The molecule has 2 heterocycles. The van der Waals surface area contributed by atoms with Crippen LogP contribution in [0.1, 0.15) is 79.5 Å². The Labute approximate surface area is 184 Å². The molecule has 2 aromatic rings. The Kier molecular flexibility index (Phi) is 4.88. The van der Waals surface area contributed by atoms with Gasteiger partial charge >= 0.3 is 0 Å². The lowest BCUT2D eigenvalue weighted by Gasteiger charge is -2.48. The third-order valence-electron chi connectivity index (χ3n) is 6.91. The van der Waals surface area contributed by atoms with Crippen molar-refractivity contribution in [3.63, 3.8) is 0 Å². The van der Waals surface area contributed by atoms with Gasteiger partial charge in [-0.25, -0.2) is 0 Å². The van der Waals surface area contributed by atoms with E-state index in [1.54, 1.807) is 12.1 Å². The fourth-order valence-electron chi connectivity index (χ4n) is 4.82. The lowest BCUT2D eigenvalue weighted by molar-refractivity contribution is 0.401. The van der Waals surface area contributed by atoms with Gasteiger partial charge in [-0.3, -0.25) is 0 Å². The third-order valence-corrected chi connectivity index (χ3v) is 6.91. The van der Waals surface area contributed by atoms with E-state index in [1.807, 2.05) is 18.2 Å². The second-order valence-corrected chi connectivity index (χ2v) is 9.87. The van der Waals surface area contributed by atoms with Gasteiger partial charge in [0.25, 0.3) is 0 Å². The maximum absolute atomic E-state index is 9.56. The normalized spacial score (nSPS) is 18.0. The zero-order valence-corrected chi connectivity index (χ0v) is 18.6. The SMILES string of the molecule is CC1(C)CCN2CCC(C)(C)c3cc(C=Cc4c(C#N)cc(C#N)cc4C#N)cc1c32. The monoisotopic (exact) mass is 406 g/mol. The van der Waals surface area contributed by atoms with E-state index in [4.69, 9.17) is 0 Å². The first kappa shape index (κ1) is 20.7. The highest BCUT2D eigenvalue weighted by molar-refractivity contribution is 5.79. The van der Waals surface area contributed by atoms with Crippen molar-refractivity contribution in [2.24, 2.45) is 0 Å². The molecule has 0 unspecified atom stereocenters. The molecule has 0 aliphatic carbocycles. The van der Waals surface area contributed by atoms with Gasteiger partial charge in [-0.2, -0.15) is 15.8 Å². The largest absolute Gasteiger partial charge is 0.371 e. The van der Waals surface area contributed by atoms with Crippen molar-refractivity contribution in [3.8, 4) is 18.2 Å². The topological polar surface area (TPSA) is 74.6 Å². The zero-order valence-electron chi connectivity index (χ0n) is 18.6. The van der Waals surface area contributed by atoms with Crippen LogP contribution in [0.5, 0.6) is 0 Å². The standard InChI is InChI=1S/C27H26N4/c1-26(2)7-9-31-10-8-27(3,4)24-14-18(13-23(26)25(24)31)5-6-22-20(16-29)11-19(15-28)12-21(22)17-30/h5-6,11-14H,7-10H2,1-4H3. The van der Waals surface area contributed by atoms with Crippen molar-refractivity contribution in [3.05, 3.63) is 63.2 Å². The van der Waals surface area contributed by atoms with E-state index in [0.29, 0.717) is 22.3 Å². The van der Waals surface area contributed by atoms with E-state index in [-0.39, 0.29) is 10.8 Å². The molecule has 0 atom stereocenters. The van der Waals surface area contributed by atoms with E-state index in [2.05, 4.69) is 56.9 Å². The quantitative estimate of drug-likeness (QED) is 0.605. The zero-order chi connectivity index (χ0) is 22.4. The summed E-state index contributed by atoms with van der Waals surface area (Å²) < 4.78 is 0. The Balaban J connectivity index is 1.87. The molecule has 2 aromatic carbocycles. The van der Waals surface area contributed by atoms with Gasteiger partial charge in [0.15, 0.2) is 0 Å². The van der Waals surface area contributed by atoms with Crippen LogP contribution >= 0.6 is 0 Å². The van der Waals surface area contributed by atoms with E-state index in [9.17, 15) is 15.8 Å². The summed E-state index contributed by atoms with van der Waals surface area (Å²) in [5.41, 5.74) is 7.02. The number of anilines is 1. The number of nitrogens with zero attached hydrogens (tertiary/aromatic N) is 4. The second-order valence-electron chi connectivity index (χ2n) is 9.87. The van der Waals surface area contributed by atoms with Crippen LogP contribution in [-0.4, -0.2) is 13.1 Å². The van der Waals surface area contributed by atoms with Crippen LogP contribution < -0.4 is 4.90 Å². The predicted octanol–water partition coefficient (Wildman–Crippen LogP) is 5.64. The molecule has 4 heteroatoms. The van der Waals surface area contributed by atoms with Crippen LogP contribution in [0, 0.1) is 34.0 Å². The smallest absolute Gasteiger partial charge is 0.0998 e. The lowest BCUT2D eigenvalue weighted by Crippen LogP contribution is -2.44. The molecule has 0 fully saturated rings. The van der Waals surface area contributed by atoms with E-state index in [0.717, 1.165) is 31.5 Å². The first-order chi connectivity index (χ1) is 14.7. The first-order valence-electron chi connectivity index (χ1n) is 10.7. The summed E-state index contributed by atoms with van der Waals surface area (Å²) in [6, 6.07) is 13.9. The Hall–Kier alpha value is -3.55. The van der Waals surface area contributed by atoms with Crippen molar-refractivity contribution in [1.82, 2.24) is 0 Å². The molecule has 2 aliphatic heterocycles. The fraction of sp³-hybridized carbons (Fsp3) is 0.370. The minimum atomic E-state index is 0.0991. The average Bonchev–Trinajstić information content (AvgIpc) is 2.75. The second kappa shape index (κ2) is 7.30. The van der Waals surface area contributed by atoms with Gasteiger partial charge < -0.3 is 4.90 Å². The highest BCUT2D eigenvalue weighted by Gasteiger charge is 2.39. The van der Waals surface area contributed by atoms with Crippen LogP contribution in [0.15, 0.2) is 24.3 Å². The minimum absolute atomic E-state index is 0.0991. The molecule has 0 amide bonds. The summed E-state index contributed by atoms with van der Waals surface area (Å²) in [6.45, 7) is 11.5. The van der Waals surface area contributed by atoms with Crippen molar-refractivity contribution >= 4 is 17.8 Å². The predicted molar refractivity (Wildman–Crippen MR) is 123 cm³/mol. The van der Waals surface area contributed by atoms with Gasteiger partial charge in [-0.15, -0.1) is 0 Å². The number of hydrogen-bond acceptors (Lipinski definition) is 4. The fourth-order valence-corrected chi connectivity index (χ4v) is 4.82. The minimum Gasteiger partial charge on any atom is -0.371 e. The average molecular weight is 407 g/mol.